The number of hydrogen-bond donors (Lipinski definition) is 2. The van der Waals surface area contributed by atoms with Gasteiger partial charge >= 0.3 is 0 Å². The SMILES string of the molecule is CCC(O)(CC)CNC(=O)c1c(C)cc(C)nc1Cl. The van der Waals surface area contributed by atoms with Crippen LogP contribution >= 0.6 is 11.6 Å². The Hall–Kier alpha value is -1.13. The summed E-state index contributed by atoms with van der Waals surface area (Å²) in [5.74, 6) is -0.296. The molecular formula is C14H21ClN2O2. The van der Waals surface area contributed by atoms with Gasteiger partial charge in [-0.3, -0.25) is 4.79 Å². The molecule has 0 bridgehead atoms. The molecule has 1 rings (SSSR count). The molecule has 0 aromatic carbocycles. The van der Waals surface area contributed by atoms with Crippen molar-refractivity contribution in [3.63, 3.8) is 0 Å². The molecule has 0 saturated carbocycles. The number of pyridine rings is 1. The number of aliphatic hydroxyl groups is 1. The lowest BCUT2D eigenvalue weighted by atomic mass is 9.97. The van der Waals surface area contributed by atoms with Crippen LogP contribution in [0, 0.1) is 13.8 Å². The first-order valence-electron chi connectivity index (χ1n) is 6.47. The van der Waals surface area contributed by atoms with Crippen LogP contribution in [0.1, 0.15) is 48.3 Å². The van der Waals surface area contributed by atoms with Gasteiger partial charge in [-0.2, -0.15) is 0 Å². The van der Waals surface area contributed by atoms with Crippen LogP contribution < -0.4 is 5.32 Å². The van der Waals surface area contributed by atoms with Crippen molar-refractivity contribution < 1.29 is 9.90 Å². The van der Waals surface area contributed by atoms with Crippen molar-refractivity contribution in [1.82, 2.24) is 10.3 Å². The van der Waals surface area contributed by atoms with E-state index in [2.05, 4.69) is 10.3 Å². The van der Waals surface area contributed by atoms with Crippen molar-refractivity contribution in [2.45, 2.75) is 46.1 Å². The van der Waals surface area contributed by atoms with Crippen molar-refractivity contribution in [1.29, 1.82) is 0 Å². The Labute approximate surface area is 119 Å². The third-order valence-corrected chi connectivity index (χ3v) is 3.70. The monoisotopic (exact) mass is 284 g/mol. The average Bonchev–Trinajstić information content (AvgIpc) is 2.34. The van der Waals surface area contributed by atoms with Gasteiger partial charge in [0, 0.05) is 12.2 Å². The first-order valence-corrected chi connectivity index (χ1v) is 6.85. The molecule has 106 valence electrons. The fraction of sp³-hybridized carbons (Fsp3) is 0.571. The molecule has 0 radical (unpaired) electrons. The van der Waals surface area contributed by atoms with E-state index >= 15 is 0 Å². The van der Waals surface area contributed by atoms with Crippen LogP contribution in [0.3, 0.4) is 0 Å². The molecule has 4 nitrogen and oxygen atoms in total. The summed E-state index contributed by atoms with van der Waals surface area (Å²) in [6.45, 7) is 7.64. The predicted molar refractivity (Wildman–Crippen MR) is 76.6 cm³/mol. The number of nitrogens with one attached hydrogen (secondary N) is 1. The first-order chi connectivity index (χ1) is 8.83. The van der Waals surface area contributed by atoms with Crippen LogP contribution in [0.15, 0.2) is 6.07 Å². The zero-order chi connectivity index (χ0) is 14.6. The zero-order valence-electron chi connectivity index (χ0n) is 11.9. The second-order valence-electron chi connectivity index (χ2n) is 4.86. The standard InChI is InChI=1S/C14H21ClN2O2/c1-5-14(19,6-2)8-16-13(18)11-9(3)7-10(4)17-12(11)15/h7,19H,5-6,8H2,1-4H3,(H,16,18). The maximum Gasteiger partial charge on any atom is 0.254 e. The Morgan fingerprint density at radius 3 is 2.47 bits per heavy atom. The molecule has 0 aliphatic carbocycles. The van der Waals surface area contributed by atoms with Gasteiger partial charge in [-0.05, 0) is 38.3 Å². The van der Waals surface area contributed by atoms with E-state index in [1.165, 1.54) is 0 Å². The summed E-state index contributed by atoms with van der Waals surface area (Å²) in [7, 11) is 0. The number of amides is 1. The summed E-state index contributed by atoms with van der Waals surface area (Å²) in [5.41, 5.74) is 1.07. The van der Waals surface area contributed by atoms with Crippen LogP contribution in [0.5, 0.6) is 0 Å². The summed E-state index contributed by atoms with van der Waals surface area (Å²) in [6.07, 6.45) is 1.17. The lowest BCUT2D eigenvalue weighted by Crippen LogP contribution is -2.42. The van der Waals surface area contributed by atoms with Crippen LogP contribution in [-0.4, -0.2) is 28.1 Å². The Kier molecular flexibility index (Phi) is 5.32. The molecule has 0 fully saturated rings. The molecule has 19 heavy (non-hydrogen) atoms. The van der Waals surface area contributed by atoms with E-state index in [1.54, 1.807) is 0 Å². The van der Waals surface area contributed by atoms with E-state index in [0.29, 0.717) is 18.4 Å². The highest BCUT2D eigenvalue weighted by atomic mass is 35.5. The van der Waals surface area contributed by atoms with Gasteiger partial charge in [-0.1, -0.05) is 25.4 Å². The van der Waals surface area contributed by atoms with Crippen molar-refractivity contribution in [3.8, 4) is 0 Å². The van der Waals surface area contributed by atoms with E-state index < -0.39 is 5.60 Å². The molecule has 1 aromatic heterocycles. The number of aryl methyl sites for hydroxylation is 2. The lowest BCUT2D eigenvalue weighted by Gasteiger charge is -2.25. The smallest absolute Gasteiger partial charge is 0.254 e. The van der Waals surface area contributed by atoms with Crippen molar-refractivity contribution in [3.05, 3.63) is 28.0 Å². The van der Waals surface area contributed by atoms with Crippen LogP contribution in [0.2, 0.25) is 5.15 Å². The Bertz CT molecular complexity index is 448. The third kappa shape index (κ3) is 3.91. The minimum absolute atomic E-state index is 0.200. The summed E-state index contributed by atoms with van der Waals surface area (Å²) in [5, 5.41) is 13.1. The van der Waals surface area contributed by atoms with Crippen LogP contribution in [-0.2, 0) is 0 Å². The molecule has 0 aliphatic rings. The number of carbonyl (C=O) groups excluding carboxylic acids is 1. The molecule has 0 spiro atoms. The normalized spacial score (nSPS) is 11.5. The molecule has 0 aliphatic heterocycles. The minimum Gasteiger partial charge on any atom is -0.388 e. The van der Waals surface area contributed by atoms with Crippen molar-refractivity contribution in [2.75, 3.05) is 6.54 Å². The van der Waals surface area contributed by atoms with Crippen LogP contribution in [0.4, 0.5) is 0 Å². The molecule has 5 heteroatoms. The molecule has 0 atom stereocenters. The molecular weight excluding hydrogens is 264 g/mol. The maximum absolute atomic E-state index is 12.1. The van der Waals surface area contributed by atoms with Crippen molar-refractivity contribution in [2.24, 2.45) is 0 Å². The van der Waals surface area contributed by atoms with E-state index in [4.69, 9.17) is 11.6 Å². The summed E-state index contributed by atoms with van der Waals surface area (Å²) in [6, 6.07) is 1.81. The molecule has 1 amide bonds. The number of rotatable bonds is 5. The predicted octanol–water partition coefficient (Wildman–Crippen LogP) is 2.63. The zero-order valence-corrected chi connectivity index (χ0v) is 12.6. The largest absolute Gasteiger partial charge is 0.388 e. The van der Waals surface area contributed by atoms with E-state index in [-0.39, 0.29) is 17.6 Å². The minimum atomic E-state index is -0.867. The highest BCUT2D eigenvalue weighted by Gasteiger charge is 2.24. The van der Waals surface area contributed by atoms with Gasteiger partial charge in [-0.25, -0.2) is 4.98 Å². The van der Waals surface area contributed by atoms with Gasteiger partial charge in [0.2, 0.25) is 0 Å². The Morgan fingerprint density at radius 1 is 1.42 bits per heavy atom. The first kappa shape index (κ1) is 15.9. The van der Waals surface area contributed by atoms with E-state index in [1.807, 2.05) is 33.8 Å². The summed E-state index contributed by atoms with van der Waals surface area (Å²) < 4.78 is 0. The van der Waals surface area contributed by atoms with Gasteiger partial charge in [0.1, 0.15) is 5.15 Å². The highest BCUT2D eigenvalue weighted by Crippen LogP contribution is 2.19. The van der Waals surface area contributed by atoms with Gasteiger partial charge in [-0.15, -0.1) is 0 Å². The fourth-order valence-corrected chi connectivity index (χ4v) is 2.27. The lowest BCUT2D eigenvalue weighted by molar-refractivity contribution is 0.0314. The topological polar surface area (TPSA) is 62.2 Å². The van der Waals surface area contributed by atoms with Crippen molar-refractivity contribution >= 4 is 17.5 Å². The number of hydrogen-bond acceptors (Lipinski definition) is 3. The number of halogens is 1. The van der Waals surface area contributed by atoms with E-state index in [0.717, 1.165) is 11.3 Å². The number of carbonyl (C=O) groups is 1. The molecule has 1 heterocycles. The number of aromatic nitrogens is 1. The highest BCUT2D eigenvalue weighted by molar-refractivity contribution is 6.32. The van der Waals surface area contributed by atoms with Crippen LogP contribution in [0.25, 0.3) is 0 Å². The summed E-state index contributed by atoms with van der Waals surface area (Å²) >= 11 is 6.01. The molecule has 2 N–H and O–H groups in total. The molecule has 0 saturated heterocycles. The summed E-state index contributed by atoms with van der Waals surface area (Å²) in [4.78, 5) is 16.2. The fourth-order valence-electron chi connectivity index (χ4n) is 1.90. The van der Waals surface area contributed by atoms with Gasteiger partial charge < -0.3 is 10.4 Å². The molecule has 0 unspecified atom stereocenters. The maximum atomic E-state index is 12.1. The van der Waals surface area contributed by atoms with Gasteiger partial charge in [0.25, 0.3) is 5.91 Å². The third-order valence-electron chi connectivity index (χ3n) is 3.42. The van der Waals surface area contributed by atoms with Gasteiger partial charge in [0.05, 0.1) is 11.2 Å². The average molecular weight is 285 g/mol. The number of nitrogens with zero attached hydrogens (tertiary/aromatic N) is 1. The second-order valence-corrected chi connectivity index (χ2v) is 5.22. The second kappa shape index (κ2) is 6.35. The van der Waals surface area contributed by atoms with Gasteiger partial charge in [0.15, 0.2) is 0 Å². The molecule has 1 aromatic rings. The Morgan fingerprint density at radius 2 is 2.00 bits per heavy atom. The van der Waals surface area contributed by atoms with E-state index in [9.17, 15) is 9.90 Å². The Balaban J connectivity index is 2.85. The quantitative estimate of drug-likeness (QED) is 0.817.